The van der Waals surface area contributed by atoms with E-state index in [1.807, 2.05) is 0 Å². The quantitative estimate of drug-likeness (QED) is 0.876. The molecule has 0 saturated heterocycles. The van der Waals surface area contributed by atoms with Gasteiger partial charge >= 0.3 is 0 Å². The van der Waals surface area contributed by atoms with E-state index in [9.17, 15) is 0 Å². The van der Waals surface area contributed by atoms with Crippen LogP contribution in [-0.2, 0) is 0 Å². The molecule has 0 aliphatic rings. The van der Waals surface area contributed by atoms with Crippen molar-refractivity contribution in [2.24, 2.45) is 5.41 Å². The van der Waals surface area contributed by atoms with E-state index in [4.69, 9.17) is 0 Å². The maximum absolute atomic E-state index is 3.93. The van der Waals surface area contributed by atoms with Crippen LogP contribution in [0, 0.1) is 5.41 Å². The second kappa shape index (κ2) is 3.70. The summed E-state index contributed by atoms with van der Waals surface area (Å²) in [6.07, 6.45) is 0. The summed E-state index contributed by atoms with van der Waals surface area (Å²) in [6, 6.07) is 0. The molecular weight excluding hydrogens is 238 g/mol. The number of nitrogens with zero attached hydrogens (tertiary/aromatic N) is 2. The van der Waals surface area contributed by atoms with Gasteiger partial charge in [0.15, 0.2) is 3.92 Å². The van der Waals surface area contributed by atoms with E-state index in [1.54, 1.807) is 0 Å². The van der Waals surface area contributed by atoms with Crippen LogP contribution < -0.4 is 5.32 Å². The van der Waals surface area contributed by atoms with Crippen LogP contribution in [0.4, 0.5) is 5.13 Å². The second-order valence-electron chi connectivity index (χ2n) is 3.77. The highest BCUT2D eigenvalue weighted by Gasteiger charge is 2.10. The molecule has 0 bridgehead atoms. The van der Waals surface area contributed by atoms with Crippen molar-refractivity contribution < 1.29 is 0 Å². The van der Waals surface area contributed by atoms with E-state index in [0.29, 0.717) is 0 Å². The molecule has 0 amide bonds. The number of hydrogen-bond donors (Lipinski definition) is 1. The predicted molar refractivity (Wildman–Crippen MR) is 55.6 cm³/mol. The van der Waals surface area contributed by atoms with Gasteiger partial charge in [0.2, 0.25) is 5.13 Å². The minimum Gasteiger partial charge on any atom is -0.360 e. The van der Waals surface area contributed by atoms with E-state index in [1.165, 1.54) is 11.3 Å². The monoisotopic (exact) mass is 249 g/mol. The zero-order valence-electron chi connectivity index (χ0n) is 7.39. The van der Waals surface area contributed by atoms with Crippen molar-refractivity contribution in [3.05, 3.63) is 3.92 Å². The Labute approximate surface area is 84.7 Å². The third kappa shape index (κ3) is 3.49. The summed E-state index contributed by atoms with van der Waals surface area (Å²) in [5, 5.41) is 11.9. The summed E-state index contributed by atoms with van der Waals surface area (Å²) in [5.41, 5.74) is 0.276. The van der Waals surface area contributed by atoms with Crippen molar-refractivity contribution in [1.82, 2.24) is 10.2 Å². The van der Waals surface area contributed by atoms with Gasteiger partial charge in [0.05, 0.1) is 0 Å². The Morgan fingerprint density at radius 3 is 2.50 bits per heavy atom. The zero-order chi connectivity index (χ0) is 9.19. The van der Waals surface area contributed by atoms with Crippen molar-refractivity contribution in [2.45, 2.75) is 20.8 Å². The molecule has 0 saturated carbocycles. The molecule has 0 aliphatic carbocycles. The first-order chi connectivity index (χ1) is 5.47. The molecule has 12 heavy (non-hydrogen) atoms. The van der Waals surface area contributed by atoms with Crippen molar-refractivity contribution in [3.8, 4) is 0 Å². The lowest BCUT2D eigenvalue weighted by molar-refractivity contribution is 0.443. The topological polar surface area (TPSA) is 37.8 Å². The Balaban J connectivity index is 2.44. The Morgan fingerprint density at radius 1 is 1.42 bits per heavy atom. The molecule has 0 radical (unpaired) electrons. The fraction of sp³-hybridized carbons (Fsp3) is 0.714. The number of halogens is 1. The average Bonchev–Trinajstić information content (AvgIpc) is 2.30. The molecule has 0 aliphatic heterocycles. The smallest absolute Gasteiger partial charge is 0.206 e. The van der Waals surface area contributed by atoms with E-state index >= 15 is 0 Å². The number of aromatic nitrogens is 2. The lowest BCUT2D eigenvalue weighted by atomic mass is 9.97. The van der Waals surface area contributed by atoms with Gasteiger partial charge < -0.3 is 5.32 Å². The number of anilines is 1. The summed E-state index contributed by atoms with van der Waals surface area (Å²) in [4.78, 5) is 0. The highest BCUT2D eigenvalue weighted by Crippen LogP contribution is 2.21. The SMILES string of the molecule is CC(C)(C)CNc1nnc(Br)s1. The summed E-state index contributed by atoms with van der Waals surface area (Å²) >= 11 is 4.77. The zero-order valence-corrected chi connectivity index (χ0v) is 9.79. The second-order valence-corrected chi connectivity index (χ2v) is 6.03. The van der Waals surface area contributed by atoms with E-state index in [2.05, 4.69) is 52.2 Å². The van der Waals surface area contributed by atoms with E-state index < -0.39 is 0 Å². The molecule has 1 aromatic heterocycles. The summed E-state index contributed by atoms with van der Waals surface area (Å²) < 4.78 is 0.818. The molecule has 68 valence electrons. The van der Waals surface area contributed by atoms with Crippen LogP contribution in [0.1, 0.15) is 20.8 Å². The van der Waals surface area contributed by atoms with E-state index in [0.717, 1.165) is 15.6 Å². The van der Waals surface area contributed by atoms with Gasteiger partial charge in [0.25, 0.3) is 0 Å². The Hall–Kier alpha value is -0.160. The van der Waals surface area contributed by atoms with Gasteiger partial charge in [0.1, 0.15) is 0 Å². The van der Waals surface area contributed by atoms with Crippen molar-refractivity contribution in [3.63, 3.8) is 0 Å². The first-order valence-corrected chi connectivity index (χ1v) is 5.31. The van der Waals surface area contributed by atoms with Gasteiger partial charge in [-0.05, 0) is 21.3 Å². The Bertz CT molecular complexity index is 253. The minimum absolute atomic E-state index is 0.276. The first-order valence-electron chi connectivity index (χ1n) is 3.70. The third-order valence-electron chi connectivity index (χ3n) is 1.17. The molecular formula is C7H12BrN3S. The lowest BCUT2D eigenvalue weighted by Gasteiger charge is -2.17. The average molecular weight is 250 g/mol. The molecule has 0 unspecified atom stereocenters. The van der Waals surface area contributed by atoms with Crippen LogP contribution in [0.25, 0.3) is 0 Å². The number of hydrogen-bond acceptors (Lipinski definition) is 4. The van der Waals surface area contributed by atoms with Crippen molar-refractivity contribution in [2.75, 3.05) is 11.9 Å². The van der Waals surface area contributed by atoms with Gasteiger partial charge in [-0.1, -0.05) is 32.1 Å². The van der Waals surface area contributed by atoms with Crippen LogP contribution in [0.5, 0.6) is 0 Å². The molecule has 1 heterocycles. The fourth-order valence-electron chi connectivity index (χ4n) is 0.618. The highest BCUT2D eigenvalue weighted by atomic mass is 79.9. The third-order valence-corrected chi connectivity index (χ3v) is 2.48. The first kappa shape index (κ1) is 9.92. The van der Waals surface area contributed by atoms with Crippen molar-refractivity contribution >= 4 is 32.4 Å². The molecule has 0 fully saturated rings. The predicted octanol–water partition coefficient (Wildman–Crippen LogP) is 2.76. The maximum Gasteiger partial charge on any atom is 0.206 e. The highest BCUT2D eigenvalue weighted by molar-refractivity contribution is 9.11. The summed E-state index contributed by atoms with van der Waals surface area (Å²) in [5.74, 6) is 0. The fourth-order valence-corrected chi connectivity index (χ4v) is 1.62. The van der Waals surface area contributed by atoms with Crippen LogP contribution in [0.2, 0.25) is 0 Å². The summed E-state index contributed by atoms with van der Waals surface area (Å²) in [7, 11) is 0. The lowest BCUT2D eigenvalue weighted by Crippen LogP contribution is -2.18. The van der Waals surface area contributed by atoms with Gasteiger partial charge in [-0.3, -0.25) is 0 Å². The largest absolute Gasteiger partial charge is 0.360 e. The van der Waals surface area contributed by atoms with Gasteiger partial charge in [-0.2, -0.15) is 0 Å². The maximum atomic E-state index is 3.93. The standard InChI is InChI=1S/C7H12BrN3S/c1-7(2,3)4-9-6-11-10-5(8)12-6/h4H2,1-3H3,(H,9,11). The minimum atomic E-state index is 0.276. The molecule has 5 heteroatoms. The number of nitrogens with one attached hydrogen (secondary N) is 1. The molecule has 1 aromatic rings. The molecule has 1 rings (SSSR count). The normalized spacial score (nSPS) is 11.7. The van der Waals surface area contributed by atoms with Gasteiger partial charge in [-0.25, -0.2) is 0 Å². The van der Waals surface area contributed by atoms with Crippen molar-refractivity contribution in [1.29, 1.82) is 0 Å². The number of rotatable bonds is 2. The van der Waals surface area contributed by atoms with Crippen LogP contribution >= 0.6 is 27.3 Å². The van der Waals surface area contributed by atoms with E-state index in [-0.39, 0.29) is 5.41 Å². The molecule has 0 aromatic carbocycles. The Kier molecular flexibility index (Phi) is 3.06. The van der Waals surface area contributed by atoms with Crippen LogP contribution in [-0.4, -0.2) is 16.7 Å². The molecule has 0 atom stereocenters. The van der Waals surface area contributed by atoms with Crippen LogP contribution in [0.15, 0.2) is 3.92 Å². The van der Waals surface area contributed by atoms with Gasteiger partial charge in [0, 0.05) is 6.54 Å². The van der Waals surface area contributed by atoms with Gasteiger partial charge in [-0.15, -0.1) is 10.2 Å². The molecule has 1 N–H and O–H groups in total. The molecule has 0 spiro atoms. The molecule has 3 nitrogen and oxygen atoms in total. The van der Waals surface area contributed by atoms with Crippen LogP contribution in [0.3, 0.4) is 0 Å². The summed E-state index contributed by atoms with van der Waals surface area (Å²) in [6.45, 7) is 7.44. The Morgan fingerprint density at radius 2 is 2.08 bits per heavy atom.